The zero-order chi connectivity index (χ0) is 35.7. The van der Waals surface area contributed by atoms with Crippen LogP contribution in [0.25, 0.3) is 0 Å². The largest absolute Gasteiger partial charge is 0.455 e. The molecule has 1 aromatic rings. The van der Waals surface area contributed by atoms with Crippen LogP contribution in [0.15, 0.2) is 42.0 Å². The summed E-state index contributed by atoms with van der Waals surface area (Å²) in [5, 5.41) is 3.05. The van der Waals surface area contributed by atoms with E-state index in [1.165, 1.54) is 0 Å². The summed E-state index contributed by atoms with van der Waals surface area (Å²) in [7, 11) is 3.70. The lowest BCUT2D eigenvalue weighted by atomic mass is 9.96. The summed E-state index contributed by atoms with van der Waals surface area (Å²) >= 11 is 0. The number of piperidine rings is 1. The average Bonchev–Trinajstić information content (AvgIpc) is 3.59. The standard InChI is InChI=1S/C38H59N5O6/c1-26(2)32(41(7)37(46)34(27(3)4)39-35(44)30-16-11-12-18-40(30)6)24-28(5)36(45)43-19-13-17-31(43)38(47)49-33(29-14-9-8-10-15-29)25-42-20-22-48-23-21-42/h8-10,14-15,24,26-27,30-34H,11-13,16-23,25H2,1-7H3,(H,39,44)/t30?,31-,32+,33?,34-/m0/s1. The van der Waals surface area contributed by atoms with Crippen molar-refractivity contribution in [3.05, 3.63) is 47.5 Å². The van der Waals surface area contributed by atoms with Gasteiger partial charge in [-0.15, -0.1) is 0 Å². The molecular weight excluding hydrogens is 622 g/mol. The number of nitrogens with one attached hydrogen (secondary N) is 1. The third-order valence-electron chi connectivity index (χ3n) is 10.3. The van der Waals surface area contributed by atoms with Crippen LogP contribution < -0.4 is 5.32 Å². The van der Waals surface area contributed by atoms with E-state index in [4.69, 9.17) is 9.47 Å². The minimum absolute atomic E-state index is 0.00384. The molecule has 3 saturated heterocycles. The van der Waals surface area contributed by atoms with Crippen molar-refractivity contribution in [2.75, 3.05) is 60.0 Å². The van der Waals surface area contributed by atoms with Crippen molar-refractivity contribution >= 4 is 23.7 Å². The number of carbonyl (C=O) groups is 4. The van der Waals surface area contributed by atoms with Gasteiger partial charge >= 0.3 is 5.97 Å². The molecule has 49 heavy (non-hydrogen) atoms. The van der Waals surface area contributed by atoms with E-state index in [0.717, 1.165) is 44.5 Å². The van der Waals surface area contributed by atoms with Gasteiger partial charge in [0.2, 0.25) is 17.7 Å². The topological polar surface area (TPSA) is 112 Å². The number of nitrogens with zero attached hydrogens (tertiary/aromatic N) is 4. The van der Waals surface area contributed by atoms with E-state index in [1.807, 2.05) is 71.2 Å². The molecule has 3 heterocycles. The monoisotopic (exact) mass is 681 g/mol. The predicted octanol–water partition coefficient (Wildman–Crippen LogP) is 3.65. The maximum Gasteiger partial charge on any atom is 0.329 e. The molecule has 272 valence electrons. The number of likely N-dealkylation sites (N-methyl/N-ethyl adjacent to an activating group) is 2. The molecule has 0 aromatic heterocycles. The number of rotatable bonds is 13. The molecule has 2 unspecified atom stereocenters. The van der Waals surface area contributed by atoms with Gasteiger partial charge in [0.15, 0.2) is 0 Å². The van der Waals surface area contributed by atoms with E-state index >= 15 is 0 Å². The molecule has 0 bridgehead atoms. The number of likely N-dealkylation sites (tertiary alicyclic amines) is 2. The third kappa shape index (κ3) is 10.1. The summed E-state index contributed by atoms with van der Waals surface area (Å²) in [6.07, 6.45) is 5.46. The molecule has 3 aliphatic heterocycles. The lowest BCUT2D eigenvalue weighted by Gasteiger charge is -2.36. The molecule has 5 atom stereocenters. The number of benzene rings is 1. The van der Waals surface area contributed by atoms with E-state index in [2.05, 4.69) is 15.1 Å². The van der Waals surface area contributed by atoms with E-state index in [-0.39, 0.29) is 35.6 Å². The summed E-state index contributed by atoms with van der Waals surface area (Å²) in [5.41, 5.74) is 1.39. The number of carbonyl (C=O) groups excluding carboxylic acids is 4. The van der Waals surface area contributed by atoms with Gasteiger partial charge in [0.1, 0.15) is 18.2 Å². The Labute approximate surface area is 293 Å². The van der Waals surface area contributed by atoms with Crippen molar-refractivity contribution in [1.29, 1.82) is 0 Å². The van der Waals surface area contributed by atoms with Gasteiger partial charge in [0, 0.05) is 38.8 Å². The highest BCUT2D eigenvalue weighted by molar-refractivity contribution is 5.96. The Morgan fingerprint density at radius 2 is 1.61 bits per heavy atom. The average molecular weight is 682 g/mol. The normalized spacial score (nSPS) is 22.9. The Balaban J connectivity index is 1.45. The van der Waals surface area contributed by atoms with Gasteiger partial charge in [0.05, 0.1) is 25.3 Å². The summed E-state index contributed by atoms with van der Waals surface area (Å²) in [5.74, 6) is -1.05. The fraction of sp³-hybridized carbons (Fsp3) is 0.684. The van der Waals surface area contributed by atoms with Crippen molar-refractivity contribution in [2.24, 2.45) is 11.8 Å². The third-order valence-corrected chi connectivity index (χ3v) is 10.3. The zero-order valence-electron chi connectivity index (χ0n) is 30.7. The Morgan fingerprint density at radius 1 is 0.939 bits per heavy atom. The Hall–Kier alpha value is -3.28. The number of ether oxygens (including phenoxy) is 2. The number of esters is 1. The summed E-state index contributed by atoms with van der Waals surface area (Å²) in [6, 6.07) is 7.75. The maximum atomic E-state index is 13.9. The molecule has 0 radical (unpaired) electrons. The van der Waals surface area contributed by atoms with Crippen LogP contribution in [-0.4, -0.2) is 127 Å². The Morgan fingerprint density at radius 3 is 2.24 bits per heavy atom. The maximum absolute atomic E-state index is 13.9. The quantitative estimate of drug-likeness (QED) is 0.248. The first-order valence-electron chi connectivity index (χ1n) is 18.2. The highest BCUT2D eigenvalue weighted by Crippen LogP contribution is 2.27. The van der Waals surface area contributed by atoms with E-state index in [0.29, 0.717) is 44.7 Å². The van der Waals surface area contributed by atoms with Crippen LogP contribution >= 0.6 is 0 Å². The van der Waals surface area contributed by atoms with Crippen LogP contribution in [-0.2, 0) is 28.7 Å². The Kier molecular flexibility index (Phi) is 14.2. The highest BCUT2D eigenvalue weighted by atomic mass is 16.5. The minimum atomic E-state index is -0.689. The van der Waals surface area contributed by atoms with E-state index in [9.17, 15) is 19.2 Å². The summed E-state index contributed by atoms with van der Waals surface area (Å²) in [4.78, 5) is 62.5. The number of morpholine rings is 1. The van der Waals surface area contributed by atoms with Crippen LogP contribution in [0.2, 0.25) is 0 Å². The fourth-order valence-corrected chi connectivity index (χ4v) is 7.21. The van der Waals surface area contributed by atoms with Gasteiger partial charge in [-0.1, -0.05) is 70.5 Å². The molecule has 11 heteroatoms. The molecule has 11 nitrogen and oxygen atoms in total. The smallest absolute Gasteiger partial charge is 0.329 e. The van der Waals surface area contributed by atoms with Gasteiger partial charge in [0.25, 0.3) is 0 Å². The van der Waals surface area contributed by atoms with Crippen LogP contribution in [0, 0.1) is 11.8 Å². The first-order chi connectivity index (χ1) is 23.4. The van der Waals surface area contributed by atoms with Crippen molar-refractivity contribution in [1.82, 2.24) is 24.9 Å². The summed E-state index contributed by atoms with van der Waals surface area (Å²) < 4.78 is 11.7. The van der Waals surface area contributed by atoms with Gasteiger partial charge in [-0.25, -0.2) is 4.79 Å². The molecule has 3 fully saturated rings. The van der Waals surface area contributed by atoms with Crippen LogP contribution in [0.5, 0.6) is 0 Å². The van der Waals surface area contributed by atoms with Crippen LogP contribution in [0.4, 0.5) is 0 Å². The number of amides is 3. The molecule has 1 aromatic carbocycles. The van der Waals surface area contributed by atoms with Crippen molar-refractivity contribution in [3.63, 3.8) is 0 Å². The van der Waals surface area contributed by atoms with E-state index in [1.54, 1.807) is 23.8 Å². The Bertz CT molecular complexity index is 1300. The van der Waals surface area contributed by atoms with Gasteiger partial charge in [-0.3, -0.25) is 24.2 Å². The molecule has 4 rings (SSSR count). The van der Waals surface area contributed by atoms with Crippen molar-refractivity contribution in [3.8, 4) is 0 Å². The van der Waals surface area contributed by atoms with Gasteiger partial charge in [-0.2, -0.15) is 0 Å². The molecule has 3 amide bonds. The second kappa shape index (κ2) is 18.1. The van der Waals surface area contributed by atoms with Gasteiger partial charge in [-0.05, 0) is 63.6 Å². The lowest BCUT2D eigenvalue weighted by Crippen LogP contribution is -2.57. The van der Waals surface area contributed by atoms with Gasteiger partial charge < -0.3 is 24.6 Å². The van der Waals surface area contributed by atoms with Crippen LogP contribution in [0.3, 0.4) is 0 Å². The molecule has 0 saturated carbocycles. The number of hydrogen-bond acceptors (Lipinski definition) is 8. The zero-order valence-corrected chi connectivity index (χ0v) is 30.7. The second-order valence-corrected chi connectivity index (χ2v) is 14.7. The van der Waals surface area contributed by atoms with Crippen LogP contribution in [0.1, 0.15) is 78.4 Å². The minimum Gasteiger partial charge on any atom is -0.455 e. The SMILES string of the molecule is CC(=C[C@H](C(C)C)N(C)C(=O)[C@@H](NC(=O)C1CCCCN1C)C(C)C)C(=O)N1CCC[C@H]1C(=O)OC(CN1CCOCC1)c1ccccc1. The lowest BCUT2D eigenvalue weighted by molar-refractivity contribution is -0.159. The fourth-order valence-electron chi connectivity index (χ4n) is 7.21. The molecule has 0 aliphatic carbocycles. The molecular formula is C38H59N5O6. The molecule has 0 spiro atoms. The summed E-state index contributed by atoms with van der Waals surface area (Å²) in [6.45, 7) is 14.4. The first-order valence-corrected chi connectivity index (χ1v) is 18.2. The van der Waals surface area contributed by atoms with Crippen molar-refractivity contribution < 1.29 is 28.7 Å². The highest BCUT2D eigenvalue weighted by Gasteiger charge is 2.39. The number of hydrogen-bond donors (Lipinski definition) is 1. The molecule has 3 aliphatic rings. The van der Waals surface area contributed by atoms with E-state index < -0.39 is 30.2 Å². The van der Waals surface area contributed by atoms with Crippen molar-refractivity contribution in [2.45, 2.75) is 97.0 Å². The first kappa shape index (κ1) is 38.5. The second-order valence-electron chi connectivity index (χ2n) is 14.7. The molecule has 1 N–H and O–H groups in total. The predicted molar refractivity (Wildman–Crippen MR) is 189 cm³/mol.